The Balaban J connectivity index is 3.07. The molecule has 0 aliphatic carbocycles. The molecule has 2 N–H and O–H groups in total. The molecule has 1 aromatic heterocycles. The van der Waals surface area contributed by atoms with Gasteiger partial charge in [0.15, 0.2) is 0 Å². The molecule has 6 heteroatoms. The average Bonchev–Trinajstić information content (AvgIpc) is 2.16. The molecule has 1 heterocycles. The van der Waals surface area contributed by atoms with Gasteiger partial charge in [-0.25, -0.2) is 4.79 Å². The van der Waals surface area contributed by atoms with Crippen molar-refractivity contribution in [2.75, 3.05) is 5.84 Å². The molecule has 0 aliphatic rings. The Morgan fingerprint density at radius 3 is 2.79 bits per heavy atom. The molecule has 1 aromatic carbocycles. The van der Waals surface area contributed by atoms with Crippen LogP contribution >= 0.6 is 15.9 Å². The molecule has 0 unspecified atom stereocenters. The van der Waals surface area contributed by atoms with Crippen LogP contribution in [0.5, 0.6) is 0 Å². The van der Waals surface area contributed by atoms with Crippen LogP contribution in [0.1, 0.15) is 0 Å². The minimum absolute atomic E-state index is 0.227. The van der Waals surface area contributed by atoms with E-state index in [-0.39, 0.29) is 11.0 Å². The van der Waals surface area contributed by atoms with Crippen molar-refractivity contribution in [3.8, 4) is 0 Å². The van der Waals surface area contributed by atoms with Crippen LogP contribution in [0.4, 0.5) is 0 Å². The zero-order chi connectivity index (χ0) is 10.3. The van der Waals surface area contributed by atoms with E-state index >= 15 is 0 Å². The molecule has 72 valence electrons. The van der Waals surface area contributed by atoms with Crippen molar-refractivity contribution >= 4 is 26.9 Å². The first kappa shape index (κ1) is 9.01. The third kappa shape index (κ3) is 1.24. The zero-order valence-electron chi connectivity index (χ0n) is 6.86. The third-order valence-corrected chi connectivity index (χ3v) is 2.28. The summed E-state index contributed by atoms with van der Waals surface area (Å²) in [7, 11) is 0. The largest absolute Gasteiger partial charge is 0.441 e. The molecule has 0 saturated heterocycles. The number of hydrogen-bond acceptors (Lipinski definition) is 4. The number of nitrogens with zero attached hydrogens (tertiary/aromatic N) is 1. The van der Waals surface area contributed by atoms with E-state index in [0.29, 0.717) is 4.68 Å². The fourth-order valence-electron chi connectivity index (χ4n) is 1.11. The third-order valence-electron chi connectivity index (χ3n) is 1.78. The second-order valence-corrected chi connectivity index (χ2v) is 3.60. The maximum atomic E-state index is 11.5. The smallest absolute Gasteiger partial charge is 0.408 e. The first-order chi connectivity index (χ1) is 6.59. The molecular weight excluding hydrogens is 252 g/mol. The summed E-state index contributed by atoms with van der Waals surface area (Å²) in [6, 6.07) is 4.75. The molecule has 0 radical (unpaired) electrons. The lowest BCUT2D eigenvalue weighted by molar-refractivity contribution is 0.495. The highest BCUT2D eigenvalue weighted by atomic mass is 79.9. The predicted molar refractivity (Wildman–Crippen MR) is 54.6 cm³/mol. The summed E-state index contributed by atoms with van der Waals surface area (Å²) in [6.45, 7) is 0. The van der Waals surface area contributed by atoms with Crippen molar-refractivity contribution in [2.45, 2.75) is 0 Å². The molecular formula is C8H5BrN2O3. The van der Waals surface area contributed by atoms with Gasteiger partial charge >= 0.3 is 5.76 Å². The first-order valence-electron chi connectivity index (χ1n) is 3.70. The van der Waals surface area contributed by atoms with Gasteiger partial charge in [0, 0.05) is 4.47 Å². The SMILES string of the molecule is Nn1c(=O)oc2ccc(Br)cc2c1=O. The van der Waals surface area contributed by atoms with Crippen molar-refractivity contribution in [1.29, 1.82) is 0 Å². The summed E-state index contributed by atoms with van der Waals surface area (Å²) >= 11 is 3.20. The zero-order valence-corrected chi connectivity index (χ0v) is 8.45. The van der Waals surface area contributed by atoms with Crippen LogP contribution in [0.25, 0.3) is 11.0 Å². The first-order valence-corrected chi connectivity index (χ1v) is 4.49. The fourth-order valence-corrected chi connectivity index (χ4v) is 1.48. The number of halogens is 1. The number of rotatable bonds is 0. The summed E-state index contributed by atoms with van der Waals surface area (Å²) in [5.74, 6) is 4.31. The summed E-state index contributed by atoms with van der Waals surface area (Å²) in [5, 5.41) is 0.265. The lowest BCUT2D eigenvalue weighted by Gasteiger charge is -1.98. The van der Waals surface area contributed by atoms with Gasteiger partial charge in [0.25, 0.3) is 5.56 Å². The van der Waals surface area contributed by atoms with Crippen LogP contribution in [0.2, 0.25) is 0 Å². The second-order valence-electron chi connectivity index (χ2n) is 2.68. The van der Waals surface area contributed by atoms with E-state index in [2.05, 4.69) is 15.9 Å². The number of benzene rings is 1. The van der Waals surface area contributed by atoms with Crippen molar-refractivity contribution in [1.82, 2.24) is 4.68 Å². The number of aromatic nitrogens is 1. The summed E-state index contributed by atoms with van der Waals surface area (Å²) < 4.78 is 5.95. The highest BCUT2D eigenvalue weighted by Gasteiger charge is 2.06. The van der Waals surface area contributed by atoms with Crippen molar-refractivity contribution in [3.05, 3.63) is 43.6 Å². The topological polar surface area (TPSA) is 78.2 Å². The van der Waals surface area contributed by atoms with E-state index in [9.17, 15) is 9.59 Å². The monoisotopic (exact) mass is 256 g/mol. The molecule has 2 rings (SSSR count). The Morgan fingerprint density at radius 2 is 2.07 bits per heavy atom. The van der Waals surface area contributed by atoms with Gasteiger partial charge in [-0.05, 0) is 18.2 Å². The average molecular weight is 257 g/mol. The Kier molecular flexibility index (Phi) is 1.92. The number of fused-ring (bicyclic) bond motifs is 1. The van der Waals surface area contributed by atoms with Crippen LogP contribution in [-0.2, 0) is 0 Å². The van der Waals surface area contributed by atoms with Gasteiger partial charge < -0.3 is 10.3 Å². The van der Waals surface area contributed by atoms with E-state index in [0.717, 1.165) is 4.47 Å². The van der Waals surface area contributed by atoms with E-state index < -0.39 is 11.3 Å². The van der Waals surface area contributed by atoms with Gasteiger partial charge in [-0.1, -0.05) is 15.9 Å². The summed E-state index contributed by atoms with van der Waals surface area (Å²) in [6.07, 6.45) is 0. The minimum atomic E-state index is -0.871. The van der Waals surface area contributed by atoms with Crippen LogP contribution < -0.4 is 17.2 Å². The van der Waals surface area contributed by atoms with Gasteiger partial charge in [0.2, 0.25) is 0 Å². The molecule has 5 nitrogen and oxygen atoms in total. The lowest BCUT2D eigenvalue weighted by Crippen LogP contribution is -2.38. The van der Waals surface area contributed by atoms with Crippen molar-refractivity contribution in [3.63, 3.8) is 0 Å². The molecule has 0 amide bonds. The molecule has 0 saturated carbocycles. The lowest BCUT2D eigenvalue weighted by atomic mass is 10.2. The second kappa shape index (κ2) is 2.98. The minimum Gasteiger partial charge on any atom is -0.408 e. The number of hydrogen-bond donors (Lipinski definition) is 1. The molecule has 0 spiro atoms. The molecule has 0 bridgehead atoms. The Hall–Kier alpha value is -1.56. The molecule has 0 atom stereocenters. The Labute approximate surface area is 85.8 Å². The normalized spacial score (nSPS) is 10.6. The highest BCUT2D eigenvalue weighted by Crippen LogP contribution is 2.14. The van der Waals surface area contributed by atoms with E-state index in [1.807, 2.05) is 0 Å². The van der Waals surface area contributed by atoms with E-state index in [1.165, 1.54) is 6.07 Å². The highest BCUT2D eigenvalue weighted by molar-refractivity contribution is 9.10. The molecule has 0 fully saturated rings. The predicted octanol–water partition coefficient (Wildman–Crippen LogP) is 0.431. The van der Waals surface area contributed by atoms with Crippen LogP contribution in [0.15, 0.2) is 36.7 Å². The van der Waals surface area contributed by atoms with Crippen molar-refractivity contribution in [2.24, 2.45) is 0 Å². The van der Waals surface area contributed by atoms with Gasteiger partial charge in [0.05, 0.1) is 5.39 Å². The number of nitrogen functional groups attached to an aromatic ring is 1. The Bertz CT molecular complexity index is 614. The van der Waals surface area contributed by atoms with Crippen LogP contribution in [0, 0.1) is 0 Å². The molecule has 0 aliphatic heterocycles. The molecule has 2 aromatic rings. The fraction of sp³-hybridized carbons (Fsp3) is 0. The van der Waals surface area contributed by atoms with E-state index in [1.54, 1.807) is 12.1 Å². The standard InChI is InChI=1S/C8H5BrN2O3/c9-4-1-2-6-5(3-4)7(12)11(10)8(13)14-6/h1-3H,10H2. The van der Waals surface area contributed by atoms with Crippen LogP contribution in [0.3, 0.4) is 0 Å². The molecule has 14 heavy (non-hydrogen) atoms. The van der Waals surface area contributed by atoms with Gasteiger partial charge in [0.1, 0.15) is 5.58 Å². The van der Waals surface area contributed by atoms with Gasteiger partial charge in [-0.2, -0.15) is 4.68 Å². The Morgan fingerprint density at radius 1 is 1.36 bits per heavy atom. The van der Waals surface area contributed by atoms with Crippen molar-refractivity contribution < 1.29 is 4.42 Å². The van der Waals surface area contributed by atoms with E-state index in [4.69, 9.17) is 10.3 Å². The van der Waals surface area contributed by atoms with Gasteiger partial charge in [-0.3, -0.25) is 4.79 Å². The summed E-state index contributed by atoms with van der Waals surface area (Å²) in [5.41, 5.74) is -0.345. The maximum Gasteiger partial charge on any atom is 0.441 e. The van der Waals surface area contributed by atoms with Crippen LogP contribution in [-0.4, -0.2) is 4.68 Å². The quantitative estimate of drug-likeness (QED) is 0.694. The summed E-state index contributed by atoms with van der Waals surface area (Å²) in [4.78, 5) is 22.5. The van der Waals surface area contributed by atoms with Gasteiger partial charge in [-0.15, -0.1) is 0 Å². The maximum absolute atomic E-state index is 11.5. The number of nitrogens with two attached hydrogens (primary N) is 1.